The van der Waals surface area contributed by atoms with Crippen molar-refractivity contribution in [1.29, 1.82) is 0 Å². The van der Waals surface area contributed by atoms with Crippen LogP contribution in [0.15, 0.2) is 16.6 Å². The molecule has 0 fully saturated rings. The van der Waals surface area contributed by atoms with Gasteiger partial charge in [0.15, 0.2) is 11.5 Å². The summed E-state index contributed by atoms with van der Waals surface area (Å²) in [6, 6.07) is 3.72. The van der Waals surface area contributed by atoms with Crippen molar-refractivity contribution in [3.63, 3.8) is 0 Å². The van der Waals surface area contributed by atoms with Gasteiger partial charge in [-0.05, 0) is 37.8 Å². The third kappa shape index (κ3) is 3.41. The lowest BCUT2D eigenvalue weighted by atomic mass is 10.1. The molecule has 0 spiro atoms. The number of thioether (sulfide) groups is 1. The molecular weight excluding hydrogens is 342 g/mol. The molecule has 6 heteroatoms. The second-order valence-electron chi connectivity index (χ2n) is 4.63. The topological polar surface area (TPSA) is 47.6 Å². The summed E-state index contributed by atoms with van der Waals surface area (Å²) in [5.74, 6) is 1.50. The smallest absolute Gasteiger partial charge is 0.233 e. The summed E-state index contributed by atoms with van der Waals surface area (Å²) in [5, 5.41) is 2.95. The molecule has 0 bridgehead atoms. The van der Waals surface area contributed by atoms with Crippen LogP contribution >= 0.6 is 27.7 Å². The van der Waals surface area contributed by atoms with Crippen LogP contribution in [-0.2, 0) is 4.79 Å². The Bertz CT molecular complexity index is 509. The molecule has 2 unspecified atom stereocenters. The molecule has 2 rings (SSSR count). The zero-order valence-corrected chi connectivity index (χ0v) is 14.1. The fraction of sp³-hybridized carbons (Fsp3) is 0.500. The number of hydrogen-bond donors (Lipinski definition) is 1. The molecular formula is C14H18BrNO3S. The van der Waals surface area contributed by atoms with Crippen LogP contribution in [0.1, 0.15) is 25.5 Å². The van der Waals surface area contributed by atoms with Crippen LogP contribution in [0.2, 0.25) is 0 Å². The lowest BCUT2D eigenvalue weighted by molar-refractivity contribution is -0.120. The van der Waals surface area contributed by atoms with Gasteiger partial charge < -0.3 is 14.8 Å². The van der Waals surface area contributed by atoms with E-state index >= 15 is 0 Å². The van der Waals surface area contributed by atoms with Crippen molar-refractivity contribution in [2.75, 3.05) is 19.5 Å². The van der Waals surface area contributed by atoms with Crippen molar-refractivity contribution in [3.8, 4) is 11.5 Å². The molecule has 0 saturated heterocycles. The van der Waals surface area contributed by atoms with E-state index in [1.165, 1.54) is 11.8 Å². The van der Waals surface area contributed by atoms with Gasteiger partial charge >= 0.3 is 0 Å². The Morgan fingerprint density at radius 1 is 1.30 bits per heavy atom. The molecule has 1 aliphatic heterocycles. The first-order chi connectivity index (χ1) is 9.52. The highest BCUT2D eigenvalue weighted by molar-refractivity contribution is 9.10. The Kier molecular flexibility index (Phi) is 5.21. The third-order valence-corrected chi connectivity index (χ3v) is 4.82. The molecule has 1 aliphatic rings. The summed E-state index contributed by atoms with van der Waals surface area (Å²) in [6.45, 7) is 4.97. The number of halogens is 1. The molecule has 0 aliphatic carbocycles. The fourth-order valence-electron chi connectivity index (χ4n) is 1.93. The molecule has 1 heterocycles. The Morgan fingerprint density at radius 2 is 1.90 bits per heavy atom. The molecule has 0 radical (unpaired) electrons. The molecule has 1 amide bonds. The molecule has 1 aromatic rings. The van der Waals surface area contributed by atoms with E-state index < -0.39 is 0 Å². The summed E-state index contributed by atoms with van der Waals surface area (Å²) in [5.41, 5.74) is 0.982. The van der Waals surface area contributed by atoms with E-state index in [0.29, 0.717) is 13.2 Å². The van der Waals surface area contributed by atoms with Crippen LogP contribution in [-0.4, -0.2) is 30.6 Å². The SMILES string of the molecule is CSC(C)C(=O)NC(C)c1cc2c(cc1Br)OCCO2. The van der Waals surface area contributed by atoms with Gasteiger partial charge in [-0.15, -0.1) is 0 Å². The van der Waals surface area contributed by atoms with E-state index in [9.17, 15) is 4.79 Å². The molecule has 20 heavy (non-hydrogen) atoms. The number of fused-ring (bicyclic) bond motifs is 1. The lowest BCUT2D eigenvalue weighted by Crippen LogP contribution is -2.33. The largest absolute Gasteiger partial charge is 0.486 e. The highest BCUT2D eigenvalue weighted by atomic mass is 79.9. The minimum atomic E-state index is -0.0951. The van der Waals surface area contributed by atoms with Gasteiger partial charge in [-0.3, -0.25) is 4.79 Å². The Hall–Kier alpha value is -0.880. The number of carbonyl (C=O) groups is 1. The monoisotopic (exact) mass is 359 g/mol. The van der Waals surface area contributed by atoms with Gasteiger partial charge in [-0.2, -0.15) is 11.8 Å². The van der Waals surface area contributed by atoms with Crippen molar-refractivity contribution >= 4 is 33.6 Å². The first-order valence-electron chi connectivity index (χ1n) is 6.45. The van der Waals surface area contributed by atoms with E-state index in [0.717, 1.165) is 21.5 Å². The van der Waals surface area contributed by atoms with E-state index in [2.05, 4.69) is 21.2 Å². The minimum Gasteiger partial charge on any atom is -0.486 e. The van der Waals surface area contributed by atoms with E-state index in [-0.39, 0.29) is 17.2 Å². The van der Waals surface area contributed by atoms with Crippen molar-refractivity contribution in [2.45, 2.75) is 25.1 Å². The first kappa shape index (κ1) is 15.5. The average Bonchev–Trinajstić information content (AvgIpc) is 2.45. The number of nitrogens with one attached hydrogen (secondary N) is 1. The quantitative estimate of drug-likeness (QED) is 0.896. The standard InChI is InChI=1S/C14H18BrNO3S/c1-8(16-14(17)9(2)20-3)10-6-12-13(7-11(10)15)19-5-4-18-12/h6-9H,4-5H2,1-3H3,(H,16,17). The number of rotatable bonds is 4. The van der Waals surface area contributed by atoms with Crippen molar-refractivity contribution < 1.29 is 14.3 Å². The van der Waals surface area contributed by atoms with Crippen molar-refractivity contribution in [2.24, 2.45) is 0 Å². The van der Waals surface area contributed by atoms with Crippen LogP contribution in [0, 0.1) is 0 Å². The third-order valence-electron chi connectivity index (χ3n) is 3.21. The van der Waals surface area contributed by atoms with Crippen LogP contribution < -0.4 is 14.8 Å². The highest BCUT2D eigenvalue weighted by Crippen LogP contribution is 2.37. The van der Waals surface area contributed by atoms with Gasteiger partial charge in [0.2, 0.25) is 5.91 Å². The van der Waals surface area contributed by atoms with E-state index in [4.69, 9.17) is 9.47 Å². The predicted molar refractivity (Wildman–Crippen MR) is 84.7 cm³/mol. The zero-order valence-electron chi connectivity index (χ0n) is 11.7. The Balaban J connectivity index is 2.17. The van der Waals surface area contributed by atoms with Gasteiger partial charge in [-0.1, -0.05) is 15.9 Å². The molecule has 110 valence electrons. The maximum Gasteiger partial charge on any atom is 0.233 e. The Labute approximate surface area is 131 Å². The second kappa shape index (κ2) is 6.72. The molecule has 1 N–H and O–H groups in total. The fourth-order valence-corrected chi connectivity index (χ4v) is 2.87. The molecule has 4 nitrogen and oxygen atoms in total. The first-order valence-corrected chi connectivity index (χ1v) is 8.53. The van der Waals surface area contributed by atoms with Crippen LogP contribution in [0.4, 0.5) is 0 Å². The Morgan fingerprint density at radius 3 is 2.50 bits per heavy atom. The zero-order chi connectivity index (χ0) is 14.7. The maximum atomic E-state index is 12.0. The maximum absolute atomic E-state index is 12.0. The summed E-state index contributed by atoms with van der Waals surface area (Å²) in [6.07, 6.45) is 1.93. The highest BCUT2D eigenvalue weighted by Gasteiger charge is 2.20. The van der Waals surface area contributed by atoms with Gasteiger partial charge in [0.05, 0.1) is 11.3 Å². The number of ether oxygens (including phenoxy) is 2. The van der Waals surface area contributed by atoms with E-state index in [1.807, 2.05) is 32.2 Å². The summed E-state index contributed by atoms with van der Waals surface area (Å²) in [4.78, 5) is 12.0. The molecule has 0 saturated carbocycles. The number of benzene rings is 1. The van der Waals surface area contributed by atoms with Gasteiger partial charge in [-0.25, -0.2) is 0 Å². The van der Waals surface area contributed by atoms with Crippen LogP contribution in [0.5, 0.6) is 11.5 Å². The summed E-state index contributed by atoms with van der Waals surface area (Å²) in [7, 11) is 0. The summed E-state index contributed by atoms with van der Waals surface area (Å²) < 4.78 is 12.0. The van der Waals surface area contributed by atoms with Gasteiger partial charge in [0.1, 0.15) is 13.2 Å². The van der Waals surface area contributed by atoms with Crippen molar-refractivity contribution in [3.05, 3.63) is 22.2 Å². The molecule has 2 atom stereocenters. The summed E-state index contributed by atoms with van der Waals surface area (Å²) >= 11 is 5.06. The number of carbonyl (C=O) groups excluding carboxylic acids is 1. The normalized spacial score (nSPS) is 16.4. The minimum absolute atomic E-state index is 0.0341. The number of hydrogen-bond acceptors (Lipinski definition) is 4. The van der Waals surface area contributed by atoms with Crippen molar-refractivity contribution in [1.82, 2.24) is 5.32 Å². The average molecular weight is 360 g/mol. The lowest BCUT2D eigenvalue weighted by Gasteiger charge is -2.23. The second-order valence-corrected chi connectivity index (χ2v) is 6.66. The molecule has 0 aromatic heterocycles. The van der Waals surface area contributed by atoms with E-state index in [1.54, 1.807) is 0 Å². The predicted octanol–water partition coefficient (Wildman–Crippen LogP) is 3.15. The van der Waals surface area contributed by atoms with Gasteiger partial charge in [0.25, 0.3) is 0 Å². The number of amides is 1. The van der Waals surface area contributed by atoms with Crippen LogP contribution in [0.25, 0.3) is 0 Å². The van der Waals surface area contributed by atoms with Gasteiger partial charge in [0, 0.05) is 4.47 Å². The van der Waals surface area contributed by atoms with Crippen LogP contribution in [0.3, 0.4) is 0 Å². The molecule has 1 aromatic carbocycles.